The first-order valence-corrected chi connectivity index (χ1v) is 8.78. The fourth-order valence-electron chi connectivity index (χ4n) is 2.34. The molecule has 1 saturated heterocycles. The number of rotatable bonds is 3. The second-order valence-electron chi connectivity index (χ2n) is 5.19. The first-order chi connectivity index (χ1) is 9.71. The van der Waals surface area contributed by atoms with Crippen LogP contribution in [0.4, 0.5) is 5.69 Å². The van der Waals surface area contributed by atoms with E-state index in [4.69, 9.17) is 5.73 Å². The first-order valence-electron chi connectivity index (χ1n) is 6.55. The van der Waals surface area contributed by atoms with Gasteiger partial charge in [-0.3, -0.25) is 4.79 Å². The SMILES string of the molecule is CC(=O)Nc1cc(C)c(S(=O)(=O)N2CC[C@@H](N)C2)cc1Br. The van der Waals surface area contributed by atoms with Crippen LogP contribution in [0.2, 0.25) is 0 Å². The standard InChI is InChI=1S/C13H18BrN3O3S/c1-8-5-12(16-9(2)18)11(14)6-13(8)21(19,20)17-4-3-10(15)7-17/h5-6,10H,3-4,7,15H2,1-2H3,(H,16,18)/t10-/m1/s1. The zero-order valence-corrected chi connectivity index (χ0v) is 14.3. The van der Waals surface area contributed by atoms with Crippen LogP contribution in [0.25, 0.3) is 0 Å². The third-order valence-electron chi connectivity index (χ3n) is 3.38. The molecule has 1 amide bonds. The molecular weight excluding hydrogens is 358 g/mol. The number of hydrogen-bond donors (Lipinski definition) is 2. The summed E-state index contributed by atoms with van der Waals surface area (Å²) in [5, 5.41) is 2.65. The van der Waals surface area contributed by atoms with Crippen LogP contribution in [0.3, 0.4) is 0 Å². The maximum absolute atomic E-state index is 12.6. The van der Waals surface area contributed by atoms with Crippen LogP contribution in [0, 0.1) is 6.92 Å². The molecule has 1 heterocycles. The molecule has 0 bridgehead atoms. The van der Waals surface area contributed by atoms with Crippen LogP contribution in [0.5, 0.6) is 0 Å². The van der Waals surface area contributed by atoms with E-state index < -0.39 is 10.0 Å². The highest BCUT2D eigenvalue weighted by Crippen LogP contribution is 2.31. The van der Waals surface area contributed by atoms with Crippen molar-refractivity contribution in [3.05, 3.63) is 22.2 Å². The summed E-state index contributed by atoms with van der Waals surface area (Å²) >= 11 is 3.30. The number of halogens is 1. The summed E-state index contributed by atoms with van der Waals surface area (Å²) in [7, 11) is -3.56. The van der Waals surface area contributed by atoms with Crippen molar-refractivity contribution < 1.29 is 13.2 Å². The number of hydrogen-bond acceptors (Lipinski definition) is 4. The van der Waals surface area contributed by atoms with Gasteiger partial charge < -0.3 is 11.1 Å². The molecule has 1 fully saturated rings. The maximum Gasteiger partial charge on any atom is 0.243 e. The number of aryl methyl sites for hydroxylation is 1. The molecule has 21 heavy (non-hydrogen) atoms. The van der Waals surface area contributed by atoms with Crippen molar-refractivity contribution in [2.75, 3.05) is 18.4 Å². The van der Waals surface area contributed by atoms with Crippen LogP contribution in [-0.4, -0.2) is 37.8 Å². The number of benzene rings is 1. The second kappa shape index (κ2) is 6.04. The summed E-state index contributed by atoms with van der Waals surface area (Å²) in [6.45, 7) is 3.89. The van der Waals surface area contributed by atoms with Gasteiger partial charge in [0.2, 0.25) is 15.9 Å². The summed E-state index contributed by atoms with van der Waals surface area (Å²) in [5.41, 5.74) is 6.92. The van der Waals surface area contributed by atoms with Crippen molar-refractivity contribution in [3.8, 4) is 0 Å². The summed E-state index contributed by atoms with van der Waals surface area (Å²) in [5.74, 6) is -0.212. The van der Waals surface area contributed by atoms with Gasteiger partial charge >= 0.3 is 0 Å². The Morgan fingerprint density at radius 1 is 1.48 bits per heavy atom. The van der Waals surface area contributed by atoms with Crippen molar-refractivity contribution in [1.82, 2.24) is 4.31 Å². The number of nitrogens with two attached hydrogens (primary N) is 1. The van der Waals surface area contributed by atoms with Gasteiger partial charge in [-0.15, -0.1) is 0 Å². The fourth-order valence-corrected chi connectivity index (χ4v) is 4.68. The molecule has 1 aromatic carbocycles. The molecule has 0 spiro atoms. The molecule has 1 atom stereocenters. The van der Waals surface area contributed by atoms with E-state index in [2.05, 4.69) is 21.2 Å². The molecule has 8 heteroatoms. The van der Waals surface area contributed by atoms with E-state index in [-0.39, 0.29) is 16.8 Å². The summed E-state index contributed by atoms with van der Waals surface area (Å²) < 4.78 is 27.2. The molecule has 1 aliphatic heterocycles. The molecule has 1 aromatic rings. The Bertz CT molecular complexity index is 675. The molecule has 2 rings (SSSR count). The van der Waals surface area contributed by atoms with Gasteiger partial charge in [-0.1, -0.05) is 0 Å². The van der Waals surface area contributed by atoms with Gasteiger partial charge in [-0.2, -0.15) is 4.31 Å². The number of carbonyl (C=O) groups excluding carboxylic acids is 1. The minimum Gasteiger partial charge on any atom is -0.326 e. The van der Waals surface area contributed by atoms with Gasteiger partial charge in [-0.05, 0) is 47.0 Å². The first kappa shape index (κ1) is 16.4. The number of anilines is 1. The van der Waals surface area contributed by atoms with Crippen LogP contribution in [0.15, 0.2) is 21.5 Å². The lowest BCUT2D eigenvalue weighted by molar-refractivity contribution is -0.114. The Morgan fingerprint density at radius 3 is 2.67 bits per heavy atom. The monoisotopic (exact) mass is 375 g/mol. The van der Waals surface area contributed by atoms with Crippen LogP contribution in [0.1, 0.15) is 18.9 Å². The minimum atomic E-state index is -3.56. The smallest absolute Gasteiger partial charge is 0.243 e. The molecule has 0 saturated carbocycles. The molecule has 1 aliphatic rings. The topological polar surface area (TPSA) is 92.5 Å². The third-order valence-corrected chi connectivity index (χ3v) is 6.04. The predicted molar refractivity (Wildman–Crippen MR) is 84.5 cm³/mol. The fraction of sp³-hybridized carbons (Fsp3) is 0.462. The quantitative estimate of drug-likeness (QED) is 0.835. The molecule has 3 N–H and O–H groups in total. The van der Waals surface area contributed by atoms with E-state index in [0.717, 1.165) is 0 Å². The Morgan fingerprint density at radius 2 is 2.14 bits per heavy atom. The third kappa shape index (κ3) is 3.45. The lowest BCUT2D eigenvalue weighted by atomic mass is 10.2. The average Bonchev–Trinajstić information content (AvgIpc) is 2.80. The molecule has 0 aliphatic carbocycles. The van der Waals surface area contributed by atoms with Gasteiger partial charge in [0.25, 0.3) is 0 Å². The van der Waals surface area contributed by atoms with E-state index in [1.807, 2.05) is 0 Å². The van der Waals surface area contributed by atoms with Crippen LogP contribution in [-0.2, 0) is 14.8 Å². The van der Waals surface area contributed by atoms with Gasteiger partial charge in [0.15, 0.2) is 0 Å². The summed E-state index contributed by atoms with van der Waals surface area (Å²) in [6, 6.07) is 3.07. The largest absolute Gasteiger partial charge is 0.326 e. The second-order valence-corrected chi connectivity index (χ2v) is 7.95. The van der Waals surface area contributed by atoms with Gasteiger partial charge in [0, 0.05) is 30.5 Å². The highest BCUT2D eigenvalue weighted by Gasteiger charge is 2.32. The Hall–Kier alpha value is -0.960. The lowest BCUT2D eigenvalue weighted by Crippen LogP contribution is -2.32. The summed E-state index contributed by atoms with van der Waals surface area (Å²) in [6.07, 6.45) is 0.670. The Balaban J connectivity index is 2.40. The van der Waals surface area contributed by atoms with E-state index in [1.54, 1.807) is 13.0 Å². The van der Waals surface area contributed by atoms with Crippen LogP contribution >= 0.6 is 15.9 Å². The van der Waals surface area contributed by atoms with Crippen molar-refractivity contribution in [1.29, 1.82) is 0 Å². The van der Waals surface area contributed by atoms with Gasteiger partial charge in [-0.25, -0.2) is 8.42 Å². The molecule has 6 nitrogen and oxygen atoms in total. The lowest BCUT2D eigenvalue weighted by Gasteiger charge is -2.19. The van der Waals surface area contributed by atoms with E-state index >= 15 is 0 Å². The summed E-state index contributed by atoms with van der Waals surface area (Å²) in [4.78, 5) is 11.4. The normalized spacial score (nSPS) is 19.7. The molecular formula is C13H18BrN3O3S. The predicted octanol–water partition coefficient (Wildman–Crippen LogP) is 1.44. The average molecular weight is 376 g/mol. The molecule has 116 valence electrons. The highest BCUT2D eigenvalue weighted by atomic mass is 79.9. The maximum atomic E-state index is 12.6. The number of carbonyl (C=O) groups is 1. The molecule has 0 unspecified atom stereocenters. The minimum absolute atomic E-state index is 0.109. The van der Waals surface area contributed by atoms with Crippen molar-refractivity contribution in [2.24, 2.45) is 5.73 Å². The van der Waals surface area contributed by atoms with Crippen LogP contribution < -0.4 is 11.1 Å². The van der Waals surface area contributed by atoms with Gasteiger partial charge in [0.1, 0.15) is 0 Å². The Kier molecular flexibility index (Phi) is 4.72. The van der Waals surface area contributed by atoms with E-state index in [1.165, 1.54) is 17.3 Å². The number of sulfonamides is 1. The zero-order valence-electron chi connectivity index (χ0n) is 11.9. The van der Waals surface area contributed by atoms with E-state index in [0.29, 0.717) is 35.2 Å². The Labute approximate surface area is 132 Å². The molecule has 0 aromatic heterocycles. The molecule has 0 radical (unpaired) electrons. The zero-order chi connectivity index (χ0) is 15.8. The van der Waals surface area contributed by atoms with Crippen molar-refractivity contribution in [2.45, 2.75) is 31.2 Å². The van der Waals surface area contributed by atoms with Gasteiger partial charge in [0.05, 0.1) is 10.6 Å². The highest BCUT2D eigenvalue weighted by molar-refractivity contribution is 9.10. The van der Waals surface area contributed by atoms with Crippen molar-refractivity contribution in [3.63, 3.8) is 0 Å². The van der Waals surface area contributed by atoms with E-state index in [9.17, 15) is 13.2 Å². The van der Waals surface area contributed by atoms with Crippen molar-refractivity contribution >= 4 is 37.5 Å². The number of nitrogens with one attached hydrogen (secondary N) is 1. The number of amides is 1. The number of nitrogens with zero attached hydrogens (tertiary/aromatic N) is 1.